The number of nitrogens with zero attached hydrogens (tertiary/aromatic N) is 6. The van der Waals surface area contributed by atoms with Gasteiger partial charge in [-0.2, -0.15) is 4.98 Å². The zero-order chi connectivity index (χ0) is 19.7. The molecule has 1 aromatic carbocycles. The van der Waals surface area contributed by atoms with Crippen molar-refractivity contribution in [2.45, 2.75) is 10.1 Å². The second kappa shape index (κ2) is 7.62. The second-order valence-electron chi connectivity index (χ2n) is 5.50. The third-order valence-electron chi connectivity index (χ3n) is 3.64. The SMILES string of the molecule is O=c1nc(SCc2cn(-c3cccnc3)nn2)sc2c([N+](=O)[O-])cc(Cl)cc12. The van der Waals surface area contributed by atoms with Gasteiger partial charge in [-0.1, -0.05) is 28.6 Å². The van der Waals surface area contributed by atoms with Crippen molar-refractivity contribution in [3.8, 4) is 5.69 Å². The molecule has 0 aliphatic rings. The van der Waals surface area contributed by atoms with E-state index in [9.17, 15) is 14.9 Å². The number of rotatable bonds is 5. The molecule has 0 aliphatic carbocycles. The molecule has 28 heavy (non-hydrogen) atoms. The zero-order valence-electron chi connectivity index (χ0n) is 13.9. The fourth-order valence-electron chi connectivity index (χ4n) is 2.41. The largest absolute Gasteiger partial charge is 0.288 e. The summed E-state index contributed by atoms with van der Waals surface area (Å²) in [5, 5.41) is 19.7. The Balaban J connectivity index is 1.61. The first kappa shape index (κ1) is 18.5. The van der Waals surface area contributed by atoms with Crippen LogP contribution in [-0.4, -0.2) is 29.9 Å². The van der Waals surface area contributed by atoms with Gasteiger partial charge in [-0.3, -0.25) is 19.9 Å². The van der Waals surface area contributed by atoms with E-state index in [1.165, 1.54) is 23.9 Å². The third kappa shape index (κ3) is 3.72. The summed E-state index contributed by atoms with van der Waals surface area (Å²) >= 11 is 8.21. The maximum absolute atomic E-state index is 12.3. The Morgan fingerprint density at radius 1 is 1.36 bits per heavy atom. The lowest BCUT2D eigenvalue weighted by Crippen LogP contribution is -2.06. The van der Waals surface area contributed by atoms with Crippen molar-refractivity contribution in [2.24, 2.45) is 0 Å². The summed E-state index contributed by atoms with van der Waals surface area (Å²) in [6.07, 6.45) is 5.07. The van der Waals surface area contributed by atoms with Crippen molar-refractivity contribution < 1.29 is 4.92 Å². The van der Waals surface area contributed by atoms with Gasteiger partial charge in [0.2, 0.25) is 0 Å². The zero-order valence-corrected chi connectivity index (χ0v) is 16.2. The lowest BCUT2D eigenvalue weighted by atomic mass is 10.2. The molecule has 0 N–H and O–H groups in total. The molecule has 0 amide bonds. The lowest BCUT2D eigenvalue weighted by molar-refractivity contribution is -0.382. The van der Waals surface area contributed by atoms with E-state index in [2.05, 4.69) is 20.3 Å². The van der Waals surface area contributed by atoms with Gasteiger partial charge in [-0.05, 0) is 18.2 Å². The highest BCUT2D eigenvalue weighted by Crippen LogP contribution is 2.35. The standard InChI is InChI=1S/C16H9ClN6O3S2/c17-9-4-12-14(13(5-9)23(25)26)28-16(19-15(12)24)27-8-10-7-22(21-20-10)11-2-1-3-18-6-11/h1-7H,8H2. The quantitative estimate of drug-likeness (QED) is 0.267. The van der Waals surface area contributed by atoms with Crippen LogP contribution in [0, 0.1) is 10.1 Å². The van der Waals surface area contributed by atoms with Gasteiger partial charge >= 0.3 is 0 Å². The number of thioether (sulfide) groups is 1. The molecule has 0 unspecified atom stereocenters. The average molecular weight is 433 g/mol. The fraction of sp³-hybridized carbons (Fsp3) is 0.0625. The Bertz CT molecular complexity index is 1240. The van der Waals surface area contributed by atoms with Crippen LogP contribution in [0.15, 0.2) is 52.0 Å². The van der Waals surface area contributed by atoms with Crippen molar-refractivity contribution in [1.82, 2.24) is 25.0 Å². The van der Waals surface area contributed by atoms with E-state index < -0.39 is 10.5 Å². The summed E-state index contributed by atoms with van der Waals surface area (Å²) in [7, 11) is 0. The van der Waals surface area contributed by atoms with E-state index in [0.29, 0.717) is 15.8 Å². The predicted molar refractivity (Wildman–Crippen MR) is 106 cm³/mol. The number of pyridine rings is 1. The molecule has 0 bridgehead atoms. The highest BCUT2D eigenvalue weighted by Gasteiger charge is 2.18. The Morgan fingerprint density at radius 2 is 2.21 bits per heavy atom. The number of benzene rings is 1. The number of non-ortho nitro benzene ring substituents is 1. The van der Waals surface area contributed by atoms with Crippen molar-refractivity contribution in [2.75, 3.05) is 0 Å². The van der Waals surface area contributed by atoms with Gasteiger partial charge in [0.25, 0.3) is 11.2 Å². The van der Waals surface area contributed by atoms with Crippen molar-refractivity contribution >= 4 is 50.5 Å². The summed E-state index contributed by atoms with van der Waals surface area (Å²) in [5.74, 6) is 0.399. The van der Waals surface area contributed by atoms with E-state index in [4.69, 9.17) is 11.6 Å². The maximum atomic E-state index is 12.3. The molecule has 0 saturated carbocycles. The van der Waals surface area contributed by atoms with Crippen LogP contribution in [0.3, 0.4) is 0 Å². The van der Waals surface area contributed by atoms with E-state index in [-0.39, 0.29) is 20.8 Å². The van der Waals surface area contributed by atoms with Gasteiger partial charge in [-0.15, -0.1) is 16.4 Å². The first-order valence-electron chi connectivity index (χ1n) is 7.74. The fourth-order valence-corrected chi connectivity index (χ4v) is 4.64. The summed E-state index contributed by atoms with van der Waals surface area (Å²) in [5.41, 5.74) is 0.672. The molecule has 0 atom stereocenters. The first-order chi connectivity index (χ1) is 13.5. The van der Waals surface area contributed by atoms with Gasteiger partial charge in [0.1, 0.15) is 4.70 Å². The van der Waals surface area contributed by atoms with Crippen LogP contribution in [0.2, 0.25) is 5.02 Å². The van der Waals surface area contributed by atoms with Gasteiger partial charge in [0.05, 0.1) is 34.1 Å². The number of nitro groups is 1. The molecule has 3 heterocycles. The van der Waals surface area contributed by atoms with Gasteiger partial charge in [0, 0.05) is 23.0 Å². The van der Waals surface area contributed by atoms with Crippen LogP contribution in [0.1, 0.15) is 5.69 Å². The maximum Gasteiger partial charge on any atom is 0.288 e. The summed E-state index contributed by atoms with van der Waals surface area (Å²) in [6, 6.07) is 6.26. The van der Waals surface area contributed by atoms with E-state index in [0.717, 1.165) is 17.0 Å². The Morgan fingerprint density at radius 3 is 2.96 bits per heavy atom. The number of aromatic nitrogens is 5. The molecular weight excluding hydrogens is 424 g/mol. The summed E-state index contributed by atoms with van der Waals surface area (Å²) < 4.78 is 2.24. The number of hydrogen-bond acceptors (Lipinski definition) is 9. The van der Waals surface area contributed by atoms with Crippen molar-refractivity contribution in [1.29, 1.82) is 0 Å². The smallest absolute Gasteiger partial charge is 0.267 e. The molecule has 9 nitrogen and oxygen atoms in total. The van der Waals surface area contributed by atoms with E-state index in [1.54, 1.807) is 29.3 Å². The molecule has 4 aromatic rings. The number of fused-ring (bicyclic) bond motifs is 1. The average Bonchev–Trinajstić information content (AvgIpc) is 3.16. The topological polar surface area (TPSA) is 117 Å². The highest BCUT2D eigenvalue weighted by atomic mass is 35.5. The highest BCUT2D eigenvalue weighted by molar-refractivity contribution is 8.00. The lowest BCUT2D eigenvalue weighted by Gasteiger charge is -2.02. The van der Waals surface area contributed by atoms with Gasteiger partial charge in [0.15, 0.2) is 4.34 Å². The Labute approximate surface area is 170 Å². The van der Waals surface area contributed by atoms with E-state index in [1.807, 2.05) is 6.07 Å². The Hall–Kier alpha value is -2.89. The predicted octanol–water partition coefficient (Wildman–Crippen LogP) is 3.49. The minimum Gasteiger partial charge on any atom is -0.267 e. The molecular formula is C16H9ClN6O3S2. The van der Waals surface area contributed by atoms with Crippen LogP contribution in [0.25, 0.3) is 15.8 Å². The van der Waals surface area contributed by atoms with E-state index >= 15 is 0 Å². The molecule has 4 rings (SSSR count). The number of halogens is 1. The van der Waals surface area contributed by atoms with Crippen LogP contribution in [0.4, 0.5) is 5.69 Å². The molecule has 0 spiro atoms. The van der Waals surface area contributed by atoms with Crippen LogP contribution >= 0.6 is 34.7 Å². The number of nitro benzene ring substituents is 1. The molecule has 0 saturated heterocycles. The monoisotopic (exact) mass is 432 g/mol. The summed E-state index contributed by atoms with van der Waals surface area (Å²) in [4.78, 5) is 31.1. The van der Waals surface area contributed by atoms with Gasteiger partial charge in [-0.25, -0.2) is 4.68 Å². The van der Waals surface area contributed by atoms with Crippen molar-refractivity contribution in [3.05, 3.63) is 74.0 Å². The Kier molecular flexibility index (Phi) is 5.03. The molecule has 0 fully saturated rings. The van der Waals surface area contributed by atoms with Crippen molar-refractivity contribution in [3.63, 3.8) is 0 Å². The number of hydrogen-bond donors (Lipinski definition) is 0. The minimum absolute atomic E-state index is 0.123. The normalized spacial score (nSPS) is 11.0. The third-order valence-corrected chi connectivity index (χ3v) is 6.14. The molecule has 0 aliphatic heterocycles. The second-order valence-corrected chi connectivity index (χ2v) is 8.16. The van der Waals surface area contributed by atoms with Crippen LogP contribution in [-0.2, 0) is 5.75 Å². The van der Waals surface area contributed by atoms with Gasteiger partial charge < -0.3 is 0 Å². The van der Waals surface area contributed by atoms with Crippen LogP contribution in [0.5, 0.6) is 0 Å². The molecule has 0 radical (unpaired) electrons. The molecule has 140 valence electrons. The molecule has 12 heteroatoms. The van der Waals surface area contributed by atoms with Crippen LogP contribution < -0.4 is 5.56 Å². The minimum atomic E-state index is -0.557. The molecule has 3 aromatic heterocycles. The summed E-state index contributed by atoms with van der Waals surface area (Å²) in [6.45, 7) is 0. The first-order valence-corrected chi connectivity index (χ1v) is 9.92.